The van der Waals surface area contributed by atoms with Crippen LogP contribution in [0.2, 0.25) is 0 Å². The molecular formula is C23H27N3O4. The molecule has 30 heavy (non-hydrogen) atoms. The number of nitrogens with zero attached hydrogens (tertiary/aromatic N) is 1. The number of carbonyl (C=O) groups excluding carboxylic acids is 3. The molecule has 0 aliphatic heterocycles. The zero-order valence-corrected chi connectivity index (χ0v) is 17.6. The quantitative estimate of drug-likeness (QED) is 0.767. The van der Waals surface area contributed by atoms with Crippen LogP contribution in [0.3, 0.4) is 0 Å². The molecule has 0 heterocycles. The van der Waals surface area contributed by atoms with Crippen LogP contribution in [0.5, 0.6) is 0 Å². The van der Waals surface area contributed by atoms with Gasteiger partial charge >= 0.3 is 6.09 Å². The Morgan fingerprint density at radius 1 is 0.967 bits per heavy atom. The molecule has 0 saturated carbocycles. The standard InChI is InChI=1S/C23H27N3O4/c1-14(21(27)24-3)25-22(28)15(2)26(4)23(29)30-13-20-18-11-7-5-9-16(18)17-10-6-8-12-19(17)20/h5-12,14-15,20H,13H2,1-4H3,(H,24,27)(H,25,28). The molecule has 1 aliphatic rings. The second-order valence-corrected chi connectivity index (χ2v) is 7.44. The van der Waals surface area contributed by atoms with Crippen molar-refractivity contribution in [2.24, 2.45) is 0 Å². The van der Waals surface area contributed by atoms with Gasteiger partial charge in [-0.25, -0.2) is 4.79 Å². The summed E-state index contributed by atoms with van der Waals surface area (Å²) >= 11 is 0. The van der Waals surface area contributed by atoms with Crippen molar-refractivity contribution in [1.82, 2.24) is 15.5 Å². The van der Waals surface area contributed by atoms with Gasteiger partial charge in [-0.2, -0.15) is 0 Å². The van der Waals surface area contributed by atoms with E-state index < -0.39 is 24.1 Å². The minimum Gasteiger partial charge on any atom is -0.448 e. The van der Waals surface area contributed by atoms with E-state index in [-0.39, 0.29) is 18.4 Å². The number of hydrogen-bond acceptors (Lipinski definition) is 4. The second kappa shape index (κ2) is 8.98. The summed E-state index contributed by atoms with van der Waals surface area (Å²) in [7, 11) is 3.00. The first-order valence-corrected chi connectivity index (χ1v) is 9.95. The van der Waals surface area contributed by atoms with Gasteiger partial charge in [-0.15, -0.1) is 0 Å². The average Bonchev–Trinajstić information content (AvgIpc) is 3.09. The fourth-order valence-corrected chi connectivity index (χ4v) is 3.65. The molecule has 2 unspecified atom stereocenters. The number of benzene rings is 2. The maximum atomic E-state index is 12.6. The first kappa shape index (κ1) is 21.4. The van der Waals surface area contributed by atoms with E-state index in [9.17, 15) is 14.4 Å². The Labute approximate surface area is 176 Å². The second-order valence-electron chi connectivity index (χ2n) is 7.44. The molecule has 0 saturated heterocycles. The third-order valence-corrected chi connectivity index (χ3v) is 5.58. The van der Waals surface area contributed by atoms with Crippen molar-refractivity contribution >= 4 is 17.9 Å². The minimum atomic E-state index is -0.784. The first-order valence-electron chi connectivity index (χ1n) is 9.95. The highest BCUT2D eigenvalue weighted by Crippen LogP contribution is 2.44. The highest BCUT2D eigenvalue weighted by atomic mass is 16.6. The molecule has 0 radical (unpaired) electrons. The third kappa shape index (κ3) is 4.15. The van der Waals surface area contributed by atoms with Gasteiger partial charge in [0, 0.05) is 20.0 Å². The molecule has 3 rings (SSSR count). The van der Waals surface area contributed by atoms with E-state index in [1.54, 1.807) is 13.8 Å². The Kier molecular flexibility index (Phi) is 6.40. The van der Waals surface area contributed by atoms with Crippen molar-refractivity contribution in [3.05, 3.63) is 59.7 Å². The largest absolute Gasteiger partial charge is 0.448 e. The lowest BCUT2D eigenvalue weighted by Gasteiger charge is -2.25. The molecule has 0 bridgehead atoms. The van der Waals surface area contributed by atoms with Crippen molar-refractivity contribution in [1.29, 1.82) is 0 Å². The molecule has 158 valence electrons. The number of amides is 3. The van der Waals surface area contributed by atoms with E-state index in [0.29, 0.717) is 0 Å². The molecular weight excluding hydrogens is 382 g/mol. The van der Waals surface area contributed by atoms with E-state index in [1.807, 2.05) is 36.4 Å². The first-order chi connectivity index (χ1) is 14.3. The van der Waals surface area contributed by atoms with Crippen LogP contribution in [0.15, 0.2) is 48.5 Å². The summed E-state index contributed by atoms with van der Waals surface area (Å²) in [6.07, 6.45) is -0.591. The zero-order chi connectivity index (χ0) is 21.8. The summed E-state index contributed by atoms with van der Waals surface area (Å²) in [5.41, 5.74) is 4.55. The molecule has 3 amide bonds. The zero-order valence-electron chi connectivity index (χ0n) is 17.6. The Hall–Kier alpha value is -3.35. The van der Waals surface area contributed by atoms with Gasteiger partial charge in [0.1, 0.15) is 18.7 Å². The van der Waals surface area contributed by atoms with Gasteiger partial charge < -0.3 is 15.4 Å². The van der Waals surface area contributed by atoms with Crippen molar-refractivity contribution in [3.63, 3.8) is 0 Å². The maximum absolute atomic E-state index is 12.6. The molecule has 2 aromatic rings. The van der Waals surface area contributed by atoms with Gasteiger partial charge in [-0.3, -0.25) is 14.5 Å². The maximum Gasteiger partial charge on any atom is 0.410 e. The molecule has 2 aromatic carbocycles. The Morgan fingerprint density at radius 3 is 2.03 bits per heavy atom. The summed E-state index contributed by atoms with van der Waals surface area (Å²) in [5, 5.41) is 5.06. The Morgan fingerprint density at radius 2 is 1.50 bits per heavy atom. The normalized spacial score (nSPS) is 14.1. The minimum absolute atomic E-state index is 0.0489. The lowest BCUT2D eigenvalue weighted by Crippen LogP contribution is -2.51. The van der Waals surface area contributed by atoms with E-state index in [4.69, 9.17) is 4.74 Å². The van der Waals surface area contributed by atoms with Crippen LogP contribution >= 0.6 is 0 Å². The number of rotatable bonds is 6. The predicted molar refractivity (Wildman–Crippen MR) is 114 cm³/mol. The number of nitrogens with one attached hydrogen (secondary N) is 2. The number of hydrogen-bond donors (Lipinski definition) is 2. The fraction of sp³-hybridized carbons (Fsp3) is 0.348. The number of ether oxygens (including phenoxy) is 1. The molecule has 7 heteroatoms. The predicted octanol–water partition coefficient (Wildman–Crippen LogP) is 2.51. The van der Waals surface area contributed by atoms with Gasteiger partial charge in [0.05, 0.1) is 0 Å². The van der Waals surface area contributed by atoms with Crippen LogP contribution in [0, 0.1) is 0 Å². The molecule has 0 aromatic heterocycles. The SMILES string of the molecule is CNC(=O)C(C)NC(=O)C(C)N(C)C(=O)OCC1c2ccccc2-c2ccccc21. The summed E-state index contributed by atoms with van der Waals surface area (Å²) in [6, 6.07) is 14.7. The highest BCUT2D eigenvalue weighted by molar-refractivity contribution is 5.90. The Bertz CT molecular complexity index is 913. The van der Waals surface area contributed by atoms with Gasteiger partial charge in [0.15, 0.2) is 0 Å². The van der Waals surface area contributed by atoms with Crippen molar-refractivity contribution < 1.29 is 19.1 Å². The van der Waals surface area contributed by atoms with Crippen LogP contribution in [-0.2, 0) is 14.3 Å². The summed E-state index contributed by atoms with van der Waals surface area (Å²) in [6.45, 7) is 3.35. The number of likely N-dealkylation sites (N-methyl/N-ethyl adjacent to an activating group) is 2. The third-order valence-electron chi connectivity index (χ3n) is 5.58. The topological polar surface area (TPSA) is 87.7 Å². The van der Waals surface area contributed by atoms with E-state index in [0.717, 1.165) is 22.3 Å². The molecule has 1 aliphatic carbocycles. The highest BCUT2D eigenvalue weighted by Gasteiger charge is 2.31. The molecule has 0 spiro atoms. The smallest absolute Gasteiger partial charge is 0.410 e. The van der Waals surface area contributed by atoms with Gasteiger partial charge in [0.2, 0.25) is 11.8 Å². The lowest BCUT2D eigenvalue weighted by atomic mass is 9.98. The van der Waals surface area contributed by atoms with Crippen LogP contribution in [0.4, 0.5) is 4.79 Å². The van der Waals surface area contributed by atoms with Crippen LogP contribution < -0.4 is 10.6 Å². The summed E-state index contributed by atoms with van der Waals surface area (Å²) < 4.78 is 5.57. The van der Waals surface area contributed by atoms with Crippen LogP contribution in [0.25, 0.3) is 11.1 Å². The Balaban J connectivity index is 1.64. The average molecular weight is 409 g/mol. The lowest BCUT2D eigenvalue weighted by molar-refractivity contribution is -0.130. The molecule has 2 N–H and O–H groups in total. The van der Waals surface area contributed by atoms with Gasteiger partial charge in [-0.1, -0.05) is 48.5 Å². The van der Waals surface area contributed by atoms with Crippen LogP contribution in [0.1, 0.15) is 30.9 Å². The summed E-state index contributed by atoms with van der Waals surface area (Å²) in [5.74, 6) is -0.784. The van der Waals surface area contributed by atoms with Gasteiger partial charge in [-0.05, 0) is 36.1 Å². The number of carbonyl (C=O) groups is 3. The molecule has 0 fully saturated rings. The van der Waals surface area contributed by atoms with Crippen molar-refractivity contribution in [2.75, 3.05) is 20.7 Å². The van der Waals surface area contributed by atoms with Crippen molar-refractivity contribution in [3.8, 4) is 11.1 Å². The van der Waals surface area contributed by atoms with E-state index >= 15 is 0 Å². The molecule has 2 atom stereocenters. The molecule has 7 nitrogen and oxygen atoms in total. The monoisotopic (exact) mass is 409 g/mol. The van der Waals surface area contributed by atoms with Crippen molar-refractivity contribution in [2.45, 2.75) is 31.8 Å². The number of fused-ring (bicyclic) bond motifs is 3. The van der Waals surface area contributed by atoms with E-state index in [2.05, 4.69) is 22.8 Å². The fourth-order valence-electron chi connectivity index (χ4n) is 3.65. The van der Waals surface area contributed by atoms with Crippen LogP contribution in [-0.4, -0.2) is 55.6 Å². The summed E-state index contributed by atoms with van der Waals surface area (Å²) in [4.78, 5) is 37.8. The van der Waals surface area contributed by atoms with E-state index in [1.165, 1.54) is 19.0 Å². The van der Waals surface area contributed by atoms with Gasteiger partial charge in [0.25, 0.3) is 0 Å².